The van der Waals surface area contributed by atoms with Gasteiger partial charge in [-0.05, 0) is 18.1 Å². The Morgan fingerprint density at radius 1 is 1.64 bits per heavy atom. The molecule has 0 spiro atoms. The Bertz CT molecular complexity index is 245. The molecule has 1 aromatic rings. The molecule has 0 bridgehead atoms. The first-order valence-electron chi connectivity index (χ1n) is 3.74. The van der Waals surface area contributed by atoms with Gasteiger partial charge >= 0.3 is 0 Å². The van der Waals surface area contributed by atoms with Gasteiger partial charge in [0.15, 0.2) is 0 Å². The fraction of sp³-hybridized carbons (Fsp3) is 0.300. The van der Waals surface area contributed by atoms with Crippen molar-refractivity contribution in [2.75, 3.05) is 0 Å². The first-order valence-corrected chi connectivity index (χ1v) is 3.74. The highest BCUT2D eigenvalue weighted by Gasteiger charge is 2.05. The number of benzene rings is 1. The second-order valence-corrected chi connectivity index (χ2v) is 2.41. The van der Waals surface area contributed by atoms with Gasteiger partial charge in [0.2, 0.25) is 0 Å². The molecule has 55 valence electrons. The minimum absolute atomic E-state index is 0.0104. The molecule has 1 atom stereocenters. The van der Waals surface area contributed by atoms with E-state index in [-0.39, 0.29) is 5.92 Å². The Kier molecular flexibility index (Phi) is 2.68. The molecule has 0 saturated heterocycles. The molecule has 0 aliphatic carbocycles. The molecule has 1 rings (SSSR count). The summed E-state index contributed by atoms with van der Waals surface area (Å²) in [6.45, 7) is 2.01. The van der Waals surface area contributed by atoms with E-state index in [1.807, 2.05) is 31.2 Å². The molecule has 1 nitrogen and oxygen atoms in total. The summed E-state index contributed by atoms with van der Waals surface area (Å²) in [6.07, 6.45) is 0.858. The van der Waals surface area contributed by atoms with Gasteiger partial charge in [-0.1, -0.05) is 31.2 Å². The zero-order valence-electron chi connectivity index (χ0n) is 6.54. The predicted octanol–water partition coefficient (Wildman–Crippen LogP) is 2.50. The summed E-state index contributed by atoms with van der Waals surface area (Å²) < 4.78 is 0. The van der Waals surface area contributed by atoms with Gasteiger partial charge < -0.3 is 0 Å². The van der Waals surface area contributed by atoms with E-state index in [9.17, 15) is 0 Å². The minimum Gasteiger partial charge on any atom is -0.198 e. The fourth-order valence-electron chi connectivity index (χ4n) is 1.00. The van der Waals surface area contributed by atoms with Crippen molar-refractivity contribution in [3.05, 3.63) is 35.9 Å². The van der Waals surface area contributed by atoms with Crippen LogP contribution in [0.5, 0.6) is 0 Å². The normalized spacial score (nSPS) is 12.0. The van der Waals surface area contributed by atoms with Gasteiger partial charge in [0.1, 0.15) is 0 Å². The van der Waals surface area contributed by atoms with Gasteiger partial charge in [0.25, 0.3) is 0 Å². The average Bonchev–Trinajstić information content (AvgIpc) is 2.09. The van der Waals surface area contributed by atoms with Crippen LogP contribution in [0.25, 0.3) is 0 Å². The third-order valence-corrected chi connectivity index (χ3v) is 1.67. The van der Waals surface area contributed by atoms with E-state index < -0.39 is 0 Å². The summed E-state index contributed by atoms with van der Waals surface area (Å²) in [5.41, 5.74) is 0.998. The van der Waals surface area contributed by atoms with Crippen LogP contribution in [-0.2, 0) is 0 Å². The van der Waals surface area contributed by atoms with Crippen LogP contribution in [0.1, 0.15) is 24.8 Å². The van der Waals surface area contributed by atoms with Gasteiger partial charge in [0, 0.05) is 0 Å². The Hall–Kier alpha value is -1.29. The van der Waals surface area contributed by atoms with Crippen molar-refractivity contribution in [2.24, 2.45) is 0 Å². The van der Waals surface area contributed by atoms with Crippen LogP contribution in [0.15, 0.2) is 24.3 Å². The van der Waals surface area contributed by atoms with E-state index in [4.69, 9.17) is 5.26 Å². The Balaban J connectivity index is 2.85. The van der Waals surface area contributed by atoms with Crippen molar-refractivity contribution in [3.63, 3.8) is 0 Å². The van der Waals surface area contributed by atoms with Crippen LogP contribution < -0.4 is 0 Å². The van der Waals surface area contributed by atoms with Crippen molar-refractivity contribution in [1.29, 1.82) is 5.26 Å². The summed E-state index contributed by atoms with van der Waals surface area (Å²) in [4.78, 5) is 0. The highest BCUT2D eigenvalue weighted by Crippen LogP contribution is 2.16. The number of hydrogen-bond donors (Lipinski definition) is 0. The number of nitrogens with zero attached hydrogens (tertiary/aromatic N) is 1. The van der Waals surface area contributed by atoms with Gasteiger partial charge in [0.05, 0.1) is 12.0 Å². The quantitative estimate of drug-likeness (QED) is 0.625. The summed E-state index contributed by atoms with van der Waals surface area (Å²) in [7, 11) is 0. The molecule has 0 amide bonds. The molecule has 0 fully saturated rings. The Morgan fingerprint density at radius 2 is 2.45 bits per heavy atom. The lowest BCUT2D eigenvalue weighted by molar-refractivity contribution is 0.817. The molecular formula is C10H10N. The Labute approximate surface area is 67.3 Å². The monoisotopic (exact) mass is 144 g/mol. The topological polar surface area (TPSA) is 23.8 Å². The summed E-state index contributed by atoms with van der Waals surface area (Å²) in [5.74, 6) is 0.0104. The zero-order valence-corrected chi connectivity index (χ0v) is 6.54. The largest absolute Gasteiger partial charge is 0.198 e. The second kappa shape index (κ2) is 3.78. The SMILES string of the molecule is CCC(C#N)c1[c]cccc1. The van der Waals surface area contributed by atoms with Crippen molar-refractivity contribution in [3.8, 4) is 6.07 Å². The van der Waals surface area contributed by atoms with E-state index in [0.29, 0.717) is 0 Å². The highest BCUT2D eigenvalue weighted by molar-refractivity contribution is 5.22. The third kappa shape index (κ3) is 1.81. The van der Waals surface area contributed by atoms with Crippen molar-refractivity contribution in [2.45, 2.75) is 19.3 Å². The number of hydrogen-bond acceptors (Lipinski definition) is 1. The molecule has 1 unspecified atom stereocenters. The summed E-state index contributed by atoms with van der Waals surface area (Å²) in [6, 6.07) is 12.9. The molecule has 0 N–H and O–H groups in total. The van der Waals surface area contributed by atoms with Crippen LogP contribution >= 0.6 is 0 Å². The first-order chi connectivity index (χ1) is 5.38. The zero-order chi connectivity index (χ0) is 8.10. The van der Waals surface area contributed by atoms with Crippen LogP contribution in [0.2, 0.25) is 0 Å². The van der Waals surface area contributed by atoms with Gasteiger partial charge in [-0.25, -0.2) is 0 Å². The molecule has 0 heterocycles. The maximum atomic E-state index is 8.71. The number of nitriles is 1. The van der Waals surface area contributed by atoms with Gasteiger partial charge in [-0.2, -0.15) is 5.26 Å². The van der Waals surface area contributed by atoms with E-state index in [0.717, 1.165) is 12.0 Å². The first kappa shape index (κ1) is 7.81. The van der Waals surface area contributed by atoms with Crippen LogP contribution in [0.3, 0.4) is 0 Å². The molecule has 0 aliphatic rings. The molecule has 11 heavy (non-hydrogen) atoms. The van der Waals surface area contributed by atoms with Crippen LogP contribution in [-0.4, -0.2) is 0 Å². The lowest BCUT2D eigenvalue weighted by Crippen LogP contribution is -1.92. The van der Waals surface area contributed by atoms with Crippen molar-refractivity contribution in [1.82, 2.24) is 0 Å². The third-order valence-electron chi connectivity index (χ3n) is 1.67. The maximum Gasteiger partial charge on any atom is 0.0716 e. The van der Waals surface area contributed by atoms with E-state index >= 15 is 0 Å². The van der Waals surface area contributed by atoms with Crippen molar-refractivity contribution < 1.29 is 0 Å². The lowest BCUT2D eigenvalue weighted by Gasteiger charge is -2.03. The second-order valence-electron chi connectivity index (χ2n) is 2.41. The van der Waals surface area contributed by atoms with E-state index in [1.165, 1.54) is 0 Å². The minimum atomic E-state index is 0.0104. The summed E-state index contributed by atoms with van der Waals surface area (Å²) in [5, 5.41) is 8.71. The Morgan fingerprint density at radius 3 is 2.91 bits per heavy atom. The standard InChI is InChI=1S/C10H10N/c1-2-9(8-11)10-6-4-3-5-7-10/h3-6,9H,2H2,1H3. The maximum absolute atomic E-state index is 8.71. The number of rotatable bonds is 2. The highest BCUT2D eigenvalue weighted by atomic mass is 14.3. The molecular weight excluding hydrogens is 134 g/mol. The van der Waals surface area contributed by atoms with Gasteiger partial charge in [-0.3, -0.25) is 0 Å². The molecule has 0 saturated carbocycles. The average molecular weight is 144 g/mol. The molecule has 1 radical (unpaired) electrons. The predicted molar refractivity (Wildman–Crippen MR) is 43.9 cm³/mol. The van der Waals surface area contributed by atoms with E-state index in [1.54, 1.807) is 0 Å². The fourth-order valence-corrected chi connectivity index (χ4v) is 1.00. The molecule has 1 heteroatoms. The van der Waals surface area contributed by atoms with Crippen LogP contribution in [0.4, 0.5) is 0 Å². The molecule has 0 aliphatic heterocycles. The van der Waals surface area contributed by atoms with Crippen molar-refractivity contribution >= 4 is 0 Å². The lowest BCUT2D eigenvalue weighted by atomic mass is 9.99. The van der Waals surface area contributed by atoms with E-state index in [2.05, 4.69) is 12.1 Å². The molecule has 1 aromatic carbocycles. The smallest absolute Gasteiger partial charge is 0.0716 e. The molecule has 0 aromatic heterocycles. The summed E-state index contributed by atoms with van der Waals surface area (Å²) >= 11 is 0. The van der Waals surface area contributed by atoms with Crippen LogP contribution in [0, 0.1) is 17.4 Å². The van der Waals surface area contributed by atoms with Gasteiger partial charge in [-0.15, -0.1) is 0 Å².